The van der Waals surface area contributed by atoms with Gasteiger partial charge in [-0.15, -0.1) is 0 Å². The summed E-state index contributed by atoms with van der Waals surface area (Å²) in [6.45, 7) is 27.5. The van der Waals surface area contributed by atoms with Gasteiger partial charge in [0.1, 0.15) is 0 Å². The maximum absolute atomic E-state index is 2.75. The molecule has 0 amide bonds. The lowest BCUT2D eigenvalue weighted by Gasteiger charge is -2.43. The van der Waals surface area contributed by atoms with E-state index in [2.05, 4.69) is 88.3 Å². The molecule has 0 aliphatic heterocycles. The maximum Gasteiger partial charge on any atom is -0.0115 e. The summed E-state index contributed by atoms with van der Waals surface area (Å²) in [7, 11) is 0. The molecule has 0 heterocycles. The van der Waals surface area contributed by atoms with Crippen LogP contribution in [-0.4, -0.2) is 0 Å². The van der Waals surface area contributed by atoms with Crippen molar-refractivity contribution in [2.45, 2.75) is 128 Å². The first-order chi connectivity index (χ1) is 15.4. The highest BCUT2D eigenvalue weighted by Crippen LogP contribution is 2.96. The number of hydrogen-bond donors (Lipinski definition) is 0. The lowest BCUT2D eigenvalue weighted by Crippen LogP contribution is -2.36. The van der Waals surface area contributed by atoms with Gasteiger partial charge in [0, 0.05) is 0 Å². The average Bonchev–Trinajstić information content (AvgIpc) is 3.70. The summed E-state index contributed by atoms with van der Waals surface area (Å²) in [4.78, 5) is 0. The molecule has 0 N–H and O–H groups in total. The average molecular weight is 457 g/mol. The monoisotopic (exact) mass is 456 g/mol. The second kappa shape index (κ2) is 10.0. The number of hydrogen-bond acceptors (Lipinski definition) is 0. The van der Waals surface area contributed by atoms with Crippen molar-refractivity contribution in [3.63, 3.8) is 0 Å². The Morgan fingerprint density at radius 2 is 1.58 bits per heavy atom. The molecule has 0 aromatic heterocycles. The summed E-state index contributed by atoms with van der Waals surface area (Å²) in [6, 6.07) is 0. The van der Waals surface area contributed by atoms with Crippen molar-refractivity contribution in [1.29, 1.82) is 0 Å². The van der Waals surface area contributed by atoms with E-state index in [1.54, 1.807) is 0 Å². The molecule has 0 aromatic rings. The van der Waals surface area contributed by atoms with E-state index in [1.807, 2.05) is 0 Å². The molecular formula is C33H60. The quantitative estimate of drug-likeness (QED) is 0.215. The van der Waals surface area contributed by atoms with Crippen molar-refractivity contribution in [3.05, 3.63) is 12.2 Å². The van der Waals surface area contributed by atoms with Crippen LogP contribution in [0.4, 0.5) is 0 Å². The van der Waals surface area contributed by atoms with Crippen LogP contribution in [0.25, 0.3) is 0 Å². The normalized spacial score (nSPS) is 40.2. The molecule has 3 fully saturated rings. The van der Waals surface area contributed by atoms with Gasteiger partial charge in [-0.2, -0.15) is 0 Å². The van der Waals surface area contributed by atoms with Gasteiger partial charge in [0.2, 0.25) is 0 Å². The Morgan fingerprint density at radius 1 is 0.970 bits per heavy atom. The lowest BCUT2D eigenvalue weighted by atomic mass is 9.61. The Kier molecular flexibility index (Phi) is 8.29. The molecule has 192 valence electrons. The van der Waals surface area contributed by atoms with Gasteiger partial charge in [-0.05, 0) is 108 Å². The number of rotatable bonds is 15. The minimum Gasteiger partial charge on any atom is -0.0877 e. The Labute approximate surface area is 209 Å². The van der Waals surface area contributed by atoms with Gasteiger partial charge in [-0.25, -0.2) is 0 Å². The SMILES string of the molecule is CCC(C)C(C)CC(C=CCC(C)CC1CC1C)(CC)CC1C2C1(C)C2(C(C)C)C(C)CC. The Bertz CT molecular complexity index is 674. The summed E-state index contributed by atoms with van der Waals surface area (Å²) in [5.41, 5.74) is 1.67. The molecule has 3 aliphatic rings. The molecule has 3 saturated carbocycles. The van der Waals surface area contributed by atoms with Crippen LogP contribution in [-0.2, 0) is 0 Å². The van der Waals surface area contributed by atoms with Crippen molar-refractivity contribution < 1.29 is 0 Å². The number of fused-ring (bicyclic) bond motifs is 1. The van der Waals surface area contributed by atoms with Crippen LogP contribution in [0.5, 0.6) is 0 Å². The van der Waals surface area contributed by atoms with Crippen molar-refractivity contribution in [1.82, 2.24) is 0 Å². The van der Waals surface area contributed by atoms with E-state index in [4.69, 9.17) is 0 Å². The molecule has 11 atom stereocenters. The highest BCUT2D eigenvalue weighted by Gasteiger charge is 2.92. The molecule has 0 bridgehead atoms. The Balaban J connectivity index is 1.72. The molecule has 0 spiro atoms. The van der Waals surface area contributed by atoms with Crippen LogP contribution in [0, 0.1) is 69.5 Å². The highest BCUT2D eigenvalue weighted by atomic mass is 15.0. The fourth-order valence-electron chi connectivity index (χ4n) is 9.15. The van der Waals surface area contributed by atoms with Gasteiger partial charge in [0.25, 0.3) is 0 Å². The molecule has 0 radical (unpaired) electrons. The van der Waals surface area contributed by atoms with E-state index >= 15 is 0 Å². The second-order valence-corrected chi connectivity index (χ2v) is 14.2. The third-order valence-electron chi connectivity index (χ3n) is 12.1. The topological polar surface area (TPSA) is 0 Å². The highest BCUT2D eigenvalue weighted by molar-refractivity contribution is 5.39. The van der Waals surface area contributed by atoms with Crippen molar-refractivity contribution in [2.24, 2.45) is 69.5 Å². The zero-order valence-electron chi connectivity index (χ0n) is 24.5. The summed E-state index contributed by atoms with van der Waals surface area (Å²) in [5, 5.41) is 0. The second-order valence-electron chi connectivity index (χ2n) is 14.2. The van der Waals surface area contributed by atoms with Crippen LogP contribution < -0.4 is 0 Å². The largest absolute Gasteiger partial charge is 0.0877 e. The van der Waals surface area contributed by atoms with E-state index < -0.39 is 0 Å². The molecule has 3 aliphatic carbocycles. The minimum absolute atomic E-state index is 0.411. The molecule has 0 heteroatoms. The lowest BCUT2D eigenvalue weighted by molar-refractivity contribution is 0.0654. The first-order valence-electron chi connectivity index (χ1n) is 15.1. The summed E-state index contributed by atoms with van der Waals surface area (Å²) >= 11 is 0. The first kappa shape index (κ1) is 27.3. The van der Waals surface area contributed by atoms with Crippen LogP contribution >= 0.6 is 0 Å². The molecule has 11 unspecified atom stereocenters. The summed E-state index contributed by atoms with van der Waals surface area (Å²) in [6.07, 6.45) is 16.4. The van der Waals surface area contributed by atoms with Crippen LogP contribution in [0.1, 0.15) is 128 Å². The predicted octanol–water partition coefficient (Wildman–Crippen LogP) is 10.4. The first-order valence-corrected chi connectivity index (χ1v) is 15.1. The van der Waals surface area contributed by atoms with Crippen LogP contribution in [0.2, 0.25) is 0 Å². The van der Waals surface area contributed by atoms with Crippen molar-refractivity contribution in [3.8, 4) is 0 Å². The minimum atomic E-state index is 0.411. The van der Waals surface area contributed by atoms with Crippen LogP contribution in [0.15, 0.2) is 12.2 Å². The summed E-state index contributed by atoms with van der Waals surface area (Å²) < 4.78 is 0. The smallest absolute Gasteiger partial charge is 0.0115 e. The predicted molar refractivity (Wildman–Crippen MR) is 147 cm³/mol. The van der Waals surface area contributed by atoms with E-state index in [-0.39, 0.29) is 0 Å². The fraction of sp³-hybridized carbons (Fsp3) is 0.939. The van der Waals surface area contributed by atoms with Gasteiger partial charge in [0.05, 0.1) is 0 Å². The van der Waals surface area contributed by atoms with Gasteiger partial charge >= 0.3 is 0 Å². The van der Waals surface area contributed by atoms with E-state index in [0.29, 0.717) is 16.2 Å². The van der Waals surface area contributed by atoms with Gasteiger partial charge in [-0.1, -0.05) is 101 Å². The van der Waals surface area contributed by atoms with Crippen LogP contribution in [0.3, 0.4) is 0 Å². The Morgan fingerprint density at radius 3 is 2.03 bits per heavy atom. The molecule has 0 saturated heterocycles. The third-order valence-corrected chi connectivity index (χ3v) is 12.1. The van der Waals surface area contributed by atoms with Gasteiger partial charge < -0.3 is 0 Å². The van der Waals surface area contributed by atoms with Crippen molar-refractivity contribution in [2.75, 3.05) is 0 Å². The van der Waals surface area contributed by atoms with Gasteiger partial charge in [-0.3, -0.25) is 0 Å². The zero-order chi connectivity index (χ0) is 24.8. The van der Waals surface area contributed by atoms with E-state index in [9.17, 15) is 0 Å². The third kappa shape index (κ3) is 4.77. The Hall–Kier alpha value is -0.260. The molecule has 3 rings (SSSR count). The fourth-order valence-corrected chi connectivity index (χ4v) is 9.15. The summed E-state index contributed by atoms with van der Waals surface area (Å²) in [5.74, 6) is 8.18. The molecule has 0 nitrogen and oxygen atoms in total. The molecule has 33 heavy (non-hydrogen) atoms. The molecule has 0 aromatic carbocycles. The van der Waals surface area contributed by atoms with E-state index in [1.165, 1.54) is 51.4 Å². The van der Waals surface area contributed by atoms with Crippen molar-refractivity contribution >= 4 is 0 Å². The molecular weight excluding hydrogens is 396 g/mol. The zero-order valence-corrected chi connectivity index (χ0v) is 24.5. The van der Waals surface area contributed by atoms with Gasteiger partial charge in [0.15, 0.2) is 0 Å². The number of allylic oxidation sites excluding steroid dienone is 2. The maximum atomic E-state index is 2.75. The van der Waals surface area contributed by atoms with E-state index in [0.717, 1.165) is 53.3 Å². The standard InChI is InChI=1S/C33H60/c1-12-24(7)26(9)20-32(14-3,17-15-16-23(6)18-28-19-25(28)8)21-29-30-31(29,11)33(30,22(4)5)27(10)13-2/h15,17,22-30H,12-14,16,18-21H2,1-11H3.